The normalized spacial score (nSPS) is 16.5. The average molecular weight is 494 g/mol. The van der Waals surface area contributed by atoms with Gasteiger partial charge >= 0.3 is 0 Å². The minimum atomic E-state index is 0. The van der Waals surface area contributed by atoms with Gasteiger partial charge in [-0.2, -0.15) is 0 Å². The molecule has 0 saturated carbocycles. The molecule has 28 heavy (non-hydrogen) atoms. The molecule has 0 aliphatic carbocycles. The Hall–Kier alpha value is -2.29. The van der Waals surface area contributed by atoms with Crippen LogP contribution in [0.5, 0.6) is 5.75 Å². The lowest BCUT2D eigenvalue weighted by molar-refractivity contribution is -0.117. The smallest absolute Gasteiger partial charge is 0.229 e. The Morgan fingerprint density at radius 1 is 1.21 bits per heavy atom. The number of para-hydroxylation sites is 1. The van der Waals surface area contributed by atoms with Crippen LogP contribution in [0.1, 0.15) is 12.0 Å². The standard InChI is InChI=1S/C21H26N4O2.HI/c1-22-21(23-12-11-16-7-6-10-19(13-16)27-2)24-17-14-20(26)25(15-17)18-8-4-3-5-9-18;/h3-10,13,17H,11-12,14-15H2,1-2H3,(H2,22,23,24);1H. The molecular weight excluding hydrogens is 467 g/mol. The topological polar surface area (TPSA) is 66.0 Å². The number of ether oxygens (including phenoxy) is 1. The Labute approximate surface area is 183 Å². The quantitative estimate of drug-likeness (QED) is 0.369. The van der Waals surface area contributed by atoms with E-state index in [9.17, 15) is 4.79 Å². The number of anilines is 1. The van der Waals surface area contributed by atoms with E-state index in [0.717, 1.165) is 24.4 Å². The number of halogens is 1. The van der Waals surface area contributed by atoms with Gasteiger partial charge in [-0.15, -0.1) is 24.0 Å². The molecule has 0 aromatic heterocycles. The van der Waals surface area contributed by atoms with Crippen molar-refractivity contribution in [1.29, 1.82) is 0 Å². The molecule has 3 rings (SSSR count). The van der Waals surface area contributed by atoms with Crippen molar-refractivity contribution in [3.8, 4) is 5.75 Å². The molecule has 0 spiro atoms. The van der Waals surface area contributed by atoms with E-state index in [-0.39, 0.29) is 35.9 Å². The molecule has 1 heterocycles. The van der Waals surface area contributed by atoms with Crippen molar-refractivity contribution >= 4 is 41.5 Å². The first kappa shape index (κ1) is 22.0. The summed E-state index contributed by atoms with van der Waals surface area (Å²) in [5, 5.41) is 6.68. The Bertz CT molecular complexity index is 798. The molecule has 1 amide bonds. The number of carbonyl (C=O) groups is 1. The zero-order valence-electron chi connectivity index (χ0n) is 16.2. The number of aliphatic imine (C=N–C) groups is 1. The Kier molecular flexibility index (Phi) is 8.56. The second kappa shape index (κ2) is 10.9. The molecule has 0 radical (unpaired) electrons. The molecule has 0 bridgehead atoms. The highest BCUT2D eigenvalue weighted by Crippen LogP contribution is 2.21. The third-order valence-corrected chi connectivity index (χ3v) is 4.60. The highest BCUT2D eigenvalue weighted by molar-refractivity contribution is 14.0. The second-order valence-electron chi connectivity index (χ2n) is 6.49. The van der Waals surface area contributed by atoms with Gasteiger partial charge in [-0.25, -0.2) is 0 Å². The molecule has 7 heteroatoms. The van der Waals surface area contributed by atoms with Crippen LogP contribution in [0, 0.1) is 0 Å². The molecule has 2 N–H and O–H groups in total. The molecule has 1 aliphatic rings. The SMILES string of the molecule is CN=C(NCCc1cccc(OC)c1)NC1CC(=O)N(c2ccccc2)C1.I. The highest BCUT2D eigenvalue weighted by atomic mass is 127. The first-order valence-corrected chi connectivity index (χ1v) is 9.15. The van der Waals surface area contributed by atoms with Crippen LogP contribution in [0.3, 0.4) is 0 Å². The Morgan fingerprint density at radius 3 is 2.71 bits per heavy atom. The molecule has 1 atom stereocenters. The lowest BCUT2D eigenvalue weighted by atomic mass is 10.1. The van der Waals surface area contributed by atoms with Crippen molar-refractivity contribution in [2.24, 2.45) is 4.99 Å². The Balaban J connectivity index is 0.00000280. The van der Waals surface area contributed by atoms with Crippen molar-refractivity contribution < 1.29 is 9.53 Å². The van der Waals surface area contributed by atoms with Crippen LogP contribution in [0.25, 0.3) is 0 Å². The van der Waals surface area contributed by atoms with E-state index < -0.39 is 0 Å². The molecule has 150 valence electrons. The Morgan fingerprint density at radius 2 is 2.00 bits per heavy atom. The van der Waals surface area contributed by atoms with Gasteiger partial charge in [0.05, 0.1) is 13.2 Å². The number of carbonyl (C=O) groups excluding carboxylic acids is 1. The summed E-state index contributed by atoms with van der Waals surface area (Å²) in [4.78, 5) is 18.4. The van der Waals surface area contributed by atoms with Gasteiger partial charge in [-0.1, -0.05) is 30.3 Å². The summed E-state index contributed by atoms with van der Waals surface area (Å²) in [7, 11) is 3.41. The van der Waals surface area contributed by atoms with Gasteiger partial charge in [0, 0.05) is 32.2 Å². The molecule has 1 saturated heterocycles. The molecule has 1 unspecified atom stereocenters. The second-order valence-corrected chi connectivity index (χ2v) is 6.49. The molecule has 1 aliphatic heterocycles. The van der Waals surface area contributed by atoms with Crippen molar-refractivity contribution in [2.45, 2.75) is 18.9 Å². The van der Waals surface area contributed by atoms with E-state index in [1.165, 1.54) is 5.56 Å². The molecule has 6 nitrogen and oxygen atoms in total. The molecular formula is C21H27IN4O2. The maximum Gasteiger partial charge on any atom is 0.229 e. The van der Waals surface area contributed by atoms with Gasteiger partial charge in [0.25, 0.3) is 0 Å². The van der Waals surface area contributed by atoms with Crippen LogP contribution < -0.4 is 20.3 Å². The predicted molar refractivity (Wildman–Crippen MR) is 124 cm³/mol. The van der Waals surface area contributed by atoms with E-state index in [4.69, 9.17) is 4.74 Å². The van der Waals surface area contributed by atoms with E-state index >= 15 is 0 Å². The number of amides is 1. The van der Waals surface area contributed by atoms with Crippen LogP contribution in [0.4, 0.5) is 5.69 Å². The van der Waals surface area contributed by atoms with Crippen molar-refractivity contribution in [3.05, 3.63) is 60.2 Å². The zero-order chi connectivity index (χ0) is 19.1. The fourth-order valence-electron chi connectivity index (χ4n) is 3.20. The molecule has 1 fully saturated rings. The van der Waals surface area contributed by atoms with E-state index in [1.54, 1.807) is 14.2 Å². The minimum absolute atomic E-state index is 0. The van der Waals surface area contributed by atoms with Gasteiger partial charge < -0.3 is 20.3 Å². The van der Waals surface area contributed by atoms with Gasteiger partial charge in [-0.3, -0.25) is 9.79 Å². The van der Waals surface area contributed by atoms with Gasteiger partial charge in [0.2, 0.25) is 5.91 Å². The van der Waals surface area contributed by atoms with Gasteiger partial charge in [-0.05, 0) is 36.2 Å². The molecule has 2 aromatic carbocycles. The number of benzene rings is 2. The van der Waals surface area contributed by atoms with Crippen LogP contribution in [-0.4, -0.2) is 45.2 Å². The van der Waals surface area contributed by atoms with Gasteiger partial charge in [0.15, 0.2) is 5.96 Å². The zero-order valence-corrected chi connectivity index (χ0v) is 18.6. The van der Waals surface area contributed by atoms with E-state index in [0.29, 0.717) is 18.9 Å². The summed E-state index contributed by atoms with van der Waals surface area (Å²) < 4.78 is 5.26. The number of rotatable bonds is 6. The third-order valence-electron chi connectivity index (χ3n) is 4.60. The van der Waals surface area contributed by atoms with E-state index in [2.05, 4.69) is 21.7 Å². The number of guanidine groups is 1. The van der Waals surface area contributed by atoms with Crippen molar-refractivity contribution in [1.82, 2.24) is 10.6 Å². The van der Waals surface area contributed by atoms with Crippen molar-refractivity contribution in [3.63, 3.8) is 0 Å². The summed E-state index contributed by atoms with van der Waals surface area (Å²) >= 11 is 0. The number of nitrogens with one attached hydrogen (secondary N) is 2. The third kappa shape index (κ3) is 5.85. The number of hydrogen-bond donors (Lipinski definition) is 2. The summed E-state index contributed by atoms with van der Waals surface area (Å²) in [6.07, 6.45) is 1.32. The van der Waals surface area contributed by atoms with Crippen molar-refractivity contribution in [2.75, 3.05) is 32.1 Å². The molecule has 2 aromatic rings. The monoisotopic (exact) mass is 494 g/mol. The van der Waals surface area contributed by atoms with Crippen LogP contribution in [0.15, 0.2) is 59.6 Å². The maximum atomic E-state index is 12.3. The average Bonchev–Trinajstić information content (AvgIpc) is 3.08. The number of nitrogens with zero attached hydrogens (tertiary/aromatic N) is 2. The van der Waals surface area contributed by atoms with Crippen LogP contribution >= 0.6 is 24.0 Å². The maximum absolute atomic E-state index is 12.3. The summed E-state index contributed by atoms with van der Waals surface area (Å²) in [6.45, 7) is 1.38. The summed E-state index contributed by atoms with van der Waals surface area (Å²) in [5.41, 5.74) is 2.14. The first-order chi connectivity index (χ1) is 13.2. The minimum Gasteiger partial charge on any atom is -0.497 e. The fraction of sp³-hybridized carbons (Fsp3) is 0.333. The number of hydrogen-bond acceptors (Lipinski definition) is 3. The largest absolute Gasteiger partial charge is 0.497 e. The highest BCUT2D eigenvalue weighted by Gasteiger charge is 2.30. The summed E-state index contributed by atoms with van der Waals surface area (Å²) in [5.74, 6) is 1.71. The summed E-state index contributed by atoms with van der Waals surface area (Å²) in [6, 6.07) is 17.8. The van der Waals surface area contributed by atoms with E-state index in [1.807, 2.05) is 53.4 Å². The lowest BCUT2D eigenvalue weighted by Gasteiger charge is -2.19. The lowest BCUT2D eigenvalue weighted by Crippen LogP contribution is -2.45. The van der Waals surface area contributed by atoms with Crippen LogP contribution in [-0.2, 0) is 11.2 Å². The van der Waals surface area contributed by atoms with Crippen LogP contribution in [0.2, 0.25) is 0 Å². The van der Waals surface area contributed by atoms with Gasteiger partial charge in [0.1, 0.15) is 5.75 Å². The number of methoxy groups -OCH3 is 1. The first-order valence-electron chi connectivity index (χ1n) is 9.15. The fourth-order valence-corrected chi connectivity index (χ4v) is 3.20. The predicted octanol–water partition coefficient (Wildman–Crippen LogP) is 2.83.